The highest BCUT2D eigenvalue weighted by molar-refractivity contribution is 7.26. The van der Waals surface area contributed by atoms with Gasteiger partial charge in [0.15, 0.2) is 5.82 Å². The van der Waals surface area contributed by atoms with Crippen molar-refractivity contribution in [3.63, 3.8) is 0 Å². The van der Waals surface area contributed by atoms with Crippen molar-refractivity contribution in [1.82, 2.24) is 15.3 Å². The van der Waals surface area contributed by atoms with Crippen molar-refractivity contribution in [2.75, 3.05) is 11.9 Å². The minimum atomic E-state index is 0.221. The fraction of sp³-hybridized carbons (Fsp3) is 0.158. The number of phenols is 1. The smallest absolute Gasteiger partial charge is 0.151 e. The van der Waals surface area contributed by atoms with E-state index in [-0.39, 0.29) is 5.75 Å². The summed E-state index contributed by atoms with van der Waals surface area (Å²) in [4.78, 5) is 12.5. The molecule has 0 bridgehead atoms. The van der Waals surface area contributed by atoms with Crippen molar-refractivity contribution in [3.8, 4) is 15.5 Å². The quantitative estimate of drug-likeness (QED) is 0.439. The van der Waals surface area contributed by atoms with Gasteiger partial charge in [0.05, 0.1) is 10.2 Å². The van der Waals surface area contributed by atoms with E-state index in [1.54, 1.807) is 47.2 Å². The molecule has 0 aliphatic carbocycles. The van der Waals surface area contributed by atoms with E-state index in [9.17, 15) is 5.11 Å². The SMILES string of the molecule is CCNCc1ccc(-c2cc3ncnc(Nc4cccc(O)c4)c3s2)s1. The number of rotatable bonds is 6. The molecule has 3 heterocycles. The van der Waals surface area contributed by atoms with Crippen molar-refractivity contribution in [3.05, 3.63) is 53.7 Å². The summed E-state index contributed by atoms with van der Waals surface area (Å²) in [5.74, 6) is 0.972. The highest BCUT2D eigenvalue weighted by Gasteiger charge is 2.12. The van der Waals surface area contributed by atoms with Crippen molar-refractivity contribution in [2.45, 2.75) is 13.5 Å². The van der Waals surface area contributed by atoms with Crippen LogP contribution in [0.15, 0.2) is 48.8 Å². The summed E-state index contributed by atoms with van der Waals surface area (Å²) >= 11 is 3.48. The van der Waals surface area contributed by atoms with Gasteiger partial charge >= 0.3 is 0 Å². The van der Waals surface area contributed by atoms with E-state index >= 15 is 0 Å². The van der Waals surface area contributed by atoms with Gasteiger partial charge in [0.2, 0.25) is 0 Å². The molecule has 0 atom stereocenters. The zero-order valence-corrected chi connectivity index (χ0v) is 15.8. The third-order valence-electron chi connectivity index (χ3n) is 3.87. The molecule has 132 valence electrons. The molecule has 1 aromatic carbocycles. The predicted octanol–water partition coefficient (Wildman–Crippen LogP) is 4.98. The molecule has 0 spiro atoms. The van der Waals surface area contributed by atoms with Crippen molar-refractivity contribution in [1.29, 1.82) is 0 Å². The van der Waals surface area contributed by atoms with E-state index in [2.05, 4.69) is 45.7 Å². The van der Waals surface area contributed by atoms with Gasteiger partial charge in [0.25, 0.3) is 0 Å². The summed E-state index contributed by atoms with van der Waals surface area (Å²) in [6.07, 6.45) is 1.56. The van der Waals surface area contributed by atoms with Crippen LogP contribution in [-0.2, 0) is 6.54 Å². The Bertz CT molecular complexity index is 1040. The molecule has 0 saturated carbocycles. The molecule has 0 aliphatic rings. The van der Waals surface area contributed by atoms with Crippen LogP contribution in [0.2, 0.25) is 0 Å². The normalized spacial score (nSPS) is 11.1. The van der Waals surface area contributed by atoms with Crippen LogP contribution < -0.4 is 10.6 Å². The van der Waals surface area contributed by atoms with Crippen LogP contribution in [0, 0.1) is 0 Å². The first kappa shape index (κ1) is 17.0. The minimum Gasteiger partial charge on any atom is -0.508 e. The van der Waals surface area contributed by atoms with Gasteiger partial charge in [-0.2, -0.15) is 0 Å². The molecule has 7 heteroatoms. The Balaban J connectivity index is 1.66. The summed E-state index contributed by atoms with van der Waals surface area (Å²) in [5.41, 5.74) is 1.72. The van der Waals surface area contributed by atoms with Gasteiger partial charge in [-0.05, 0) is 36.9 Å². The van der Waals surface area contributed by atoms with Gasteiger partial charge in [0, 0.05) is 32.9 Å². The second-order valence-electron chi connectivity index (χ2n) is 5.77. The molecule has 3 N–H and O–H groups in total. The number of aromatic nitrogens is 2. The molecule has 5 nitrogen and oxygen atoms in total. The number of hydrogen-bond donors (Lipinski definition) is 3. The number of nitrogens with one attached hydrogen (secondary N) is 2. The summed E-state index contributed by atoms with van der Waals surface area (Å²) in [6.45, 7) is 3.98. The maximum absolute atomic E-state index is 9.65. The Morgan fingerprint density at radius 1 is 1.04 bits per heavy atom. The number of phenolic OH excluding ortho intramolecular Hbond substituents is 1. The topological polar surface area (TPSA) is 70.1 Å². The number of anilines is 2. The van der Waals surface area contributed by atoms with Crippen molar-refractivity contribution >= 4 is 44.4 Å². The van der Waals surface area contributed by atoms with Crippen LogP contribution in [-0.4, -0.2) is 21.6 Å². The summed E-state index contributed by atoms with van der Waals surface area (Å²) in [6, 6.07) is 13.5. The predicted molar refractivity (Wildman–Crippen MR) is 109 cm³/mol. The lowest BCUT2D eigenvalue weighted by Crippen LogP contribution is -2.10. The molecular weight excluding hydrogens is 364 g/mol. The molecule has 0 fully saturated rings. The monoisotopic (exact) mass is 382 g/mol. The Kier molecular flexibility index (Phi) is 4.83. The number of fused-ring (bicyclic) bond motifs is 1. The van der Waals surface area contributed by atoms with Crippen LogP contribution in [0.3, 0.4) is 0 Å². The first-order valence-electron chi connectivity index (χ1n) is 8.33. The number of thiophene rings is 2. The minimum absolute atomic E-state index is 0.221. The van der Waals surface area contributed by atoms with Gasteiger partial charge in [-0.1, -0.05) is 13.0 Å². The molecule has 3 aromatic heterocycles. The average Bonchev–Trinajstić information content (AvgIpc) is 3.27. The second-order valence-corrected chi connectivity index (χ2v) is 7.99. The van der Waals surface area contributed by atoms with Crippen molar-refractivity contribution in [2.24, 2.45) is 0 Å². The fourth-order valence-electron chi connectivity index (χ4n) is 2.64. The van der Waals surface area contributed by atoms with Crippen LogP contribution in [0.5, 0.6) is 5.75 Å². The number of benzene rings is 1. The number of aromatic hydroxyl groups is 1. The zero-order valence-electron chi connectivity index (χ0n) is 14.2. The molecule has 0 amide bonds. The Hall–Kier alpha value is -2.48. The van der Waals surface area contributed by atoms with Crippen LogP contribution in [0.25, 0.3) is 20.0 Å². The molecule has 0 unspecified atom stereocenters. The lowest BCUT2D eigenvalue weighted by atomic mass is 10.3. The highest BCUT2D eigenvalue weighted by atomic mass is 32.1. The number of nitrogens with zero attached hydrogens (tertiary/aromatic N) is 2. The molecule has 0 aliphatic heterocycles. The molecule has 26 heavy (non-hydrogen) atoms. The summed E-state index contributed by atoms with van der Waals surface area (Å²) in [5, 5.41) is 16.3. The molecular formula is C19H18N4OS2. The first-order valence-corrected chi connectivity index (χ1v) is 9.96. The van der Waals surface area contributed by atoms with Gasteiger partial charge in [-0.3, -0.25) is 0 Å². The van der Waals surface area contributed by atoms with Crippen LogP contribution in [0.1, 0.15) is 11.8 Å². The third kappa shape index (κ3) is 3.55. The first-order chi connectivity index (χ1) is 12.7. The van der Waals surface area contributed by atoms with E-state index in [1.807, 2.05) is 6.07 Å². The summed E-state index contributed by atoms with van der Waals surface area (Å²) < 4.78 is 1.01. The Morgan fingerprint density at radius 2 is 1.96 bits per heavy atom. The lowest BCUT2D eigenvalue weighted by Gasteiger charge is -2.06. The fourth-order valence-corrected chi connectivity index (χ4v) is 4.75. The van der Waals surface area contributed by atoms with Crippen LogP contribution in [0.4, 0.5) is 11.5 Å². The van der Waals surface area contributed by atoms with Gasteiger partial charge in [-0.15, -0.1) is 22.7 Å². The van der Waals surface area contributed by atoms with Gasteiger partial charge < -0.3 is 15.7 Å². The standard InChI is InChI=1S/C19H18N4OS2/c1-2-20-10-14-6-7-16(25-14)17-9-15-18(26-17)19(22-11-21-15)23-12-4-3-5-13(24)8-12/h3-9,11,20,24H,2,10H2,1H3,(H,21,22,23). The van der Waals surface area contributed by atoms with Gasteiger partial charge in [0.1, 0.15) is 12.1 Å². The lowest BCUT2D eigenvalue weighted by molar-refractivity contribution is 0.475. The van der Waals surface area contributed by atoms with Gasteiger partial charge in [-0.25, -0.2) is 9.97 Å². The molecule has 0 saturated heterocycles. The van der Waals surface area contributed by atoms with E-state index in [4.69, 9.17) is 0 Å². The van der Waals surface area contributed by atoms with Crippen LogP contribution >= 0.6 is 22.7 Å². The van der Waals surface area contributed by atoms with Crippen molar-refractivity contribution < 1.29 is 5.11 Å². The highest BCUT2D eigenvalue weighted by Crippen LogP contribution is 2.39. The molecule has 4 rings (SSSR count). The molecule has 0 radical (unpaired) electrons. The largest absolute Gasteiger partial charge is 0.508 e. The Labute approximate surface area is 159 Å². The van der Waals surface area contributed by atoms with E-state index in [0.717, 1.165) is 34.8 Å². The van der Waals surface area contributed by atoms with E-state index in [1.165, 1.54) is 14.6 Å². The average molecular weight is 383 g/mol. The second kappa shape index (κ2) is 7.41. The molecule has 4 aromatic rings. The zero-order chi connectivity index (χ0) is 17.9. The summed E-state index contributed by atoms with van der Waals surface area (Å²) in [7, 11) is 0. The maximum Gasteiger partial charge on any atom is 0.151 e. The Morgan fingerprint density at radius 3 is 2.81 bits per heavy atom. The van der Waals surface area contributed by atoms with E-state index in [0.29, 0.717) is 0 Å². The maximum atomic E-state index is 9.65. The third-order valence-corrected chi connectivity index (χ3v) is 6.29. The number of hydrogen-bond acceptors (Lipinski definition) is 7. The van der Waals surface area contributed by atoms with E-state index < -0.39 is 0 Å².